The zero-order valence-electron chi connectivity index (χ0n) is 12.4. The Balaban J connectivity index is 2.77. The van der Waals surface area contributed by atoms with E-state index < -0.39 is 9.84 Å². The number of hydrogen-bond acceptors (Lipinski definition) is 4. The second kappa shape index (κ2) is 5.07. The largest absolute Gasteiger partial charge is 0.508 e. The second-order valence-electron chi connectivity index (χ2n) is 5.31. The number of phenolic OH excluding ortho intramolecular Hbond substituents is 2. The van der Waals surface area contributed by atoms with Crippen LogP contribution in [0.5, 0.6) is 11.5 Å². The Morgan fingerprint density at radius 1 is 0.762 bits per heavy atom. The molecular weight excluding hydrogens is 288 g/mol. The van der Waals surface area contributed by atoms with Gasteiger partial charge in [-0.2, -0.15) is 0 Å². The highest BCUT2D eigenvalue weighted by atomic mass is 32.2. The molecule has 0 bridgehead atoms. The van der Waals surface area contributed by atoms with E-state index >= 15 is 0 Å². The topological polar surface area (TPSA) is 74.6 Å². The van der Waals surface area contributed by atoms with Crippen molar-refractivity contribution < 1.29 is 18.6 Å². The predicted molar refractivity (Wildman–Crippen MR) is 80.6 cm³/mol. The number of aryl methyl sites for hydroxylation is 3. The minimum Gasteiger partial charge on any atom is -0.508 e. The van der Waals surface area contributed by atoms with Gasteiger partial charge in [0.1, 0.15) is 11.5 Å². The first-order valence-corrected chi connectivity index (χ1v) is 7.98. The molecule has 0 radical (unpaired) electrons. The van der Waals surface area contributed by atoms with Crippen LogP contribution in [0.25, 0.3) is 0 Å². The maximum Gasteiger partial charge on any atom is 0.207 e. The van der Waals surface area contributed by atoms with Gasteiger partial charge in [-0.1, -0.05) is 0 Å². The molecule has 0 aliphatic rings. The van der Waals surface area contributed by atoms with E-state index in [-0.39, 0.29) is 21.3 Å². The molecule has 0 aliphatic heterocycles. The van der Waals surface area contributed by atoms with Gasteiger partial charge in [0.05, 0.1) is 9.79 Å². The number of aromatic hydroxyl groups is 2. The summed E-state index contributed by atoms with van der Waals surface area (Å²) in [5.41, 5.74) is 1.96. The normalized spacial score (nSPS) is 11.6. The Labute approximate surface area is 124 Å². The van der Waals surface area contributed by atoms with Gasteiger partial charge in [0.25, 0.3) is 0 Å². The Kier molecular flexibility index (Phi) is 3.72. The van der Waals surface area contributed by atoms with Crippen LogP contribution in [0.3, 0.4) is 0 Å². The van der Waals surface area contributed by atoms with Crippen LogP contribution in [0.4, 0.5) is 0 Å². The van der Waals surface area contributed by atoms with Crippen LogP contribution in [0.2, 0.25) is 0 Å². The van der Waals surface area contributed by atoms with Gasteiger partial charge >= 0.3 is 0 Å². The summed E-state index contributed by atoms with van der Waals surface area (Å²) >= 11 is 0. The van der Waals surface area contributed by atoms with Crippen LogP contribution in [-0.4, -0.2) is 18.6 Å². The average molecular weight is 306 g/mol. The minimum absolute atomic E-state index is 0.0401. The van der Waals surface area contributed by atoms with Crippen LogP contribution >= 0.6 is 0 Å². The van der Waals surface area contributed by atoms with E-state index in [1.165, 1.54) is 18.2 Å². The highest BCUT2D eigenvalue weighted by Crippen LogP contribution is 2.33. The van der Waals surface area contributed by atoms with Crippen LogP contribution < -0.4 is 0 Å². The highest BCUT2D eigenvalue weighted by molar-refractivity contribution is 7.91. The summed E-state index contributed by atoms with van der Waals surface area (Å²) in [6.07, 6.45) is 0. The molecule has 0 heterocycles. The van der Waals surface area contributed by atoms with Crippen molar-refractivity contribution in [2.75, 3.05) is 0 Å². The Hall–Kier alpha value is -2.01. The molecule has 21 heavy (non-hydrogen) atoms. The summed E-state index contributed by atoms with van der Waals surface area (Å²) in [6, 6.07) is 5.97. The van der Waals surface area contributed by atoms with Gasteiger partial charge in [-0.3, -0.25) is 0 Å². The summed E-state index contributed by atoms with van der Waals surface area (Å²) < 4.78 is 25.7. The lowest BCUT2D eigenvalue weighted by Crippen LogP contribution is -2.07. The molecule has 0 unspecified atom stereocenters. The monoisotopic (exact) mass is 306 g/mol. The number of hydrogen-bond donors (Lipinski definition) is 2. The van der Waals surface area contributed by atoms with Gasteiger partial charge in [-0.25, -0.2) is 8.42 Å². The SMILES string of the molecule is Cc1cc(O)c(C)c(S(=O)(=O)c2cc(C)c(O)cc2C)c1. The van der Waals surface area contributed by atoms with Gasteiger partial charge in [0, 0.05) is 5.56 Å². The third-order valence-corrected chi connectivity index (χ3v) is 5.57. The van der Waals surface area contributed by atoms with E-state index in [4.69, 9.17) is 0 Å². The lowest BCUT2D eigenvalue weighted by atomic mass is 10.1. The van der Waals surface area contributed by atoms with E-state index in [9.17, 15) is 18.6 Å². The first-order chi connectivity index (χ1) is 9.64. The molecule has 4 nitrogen and oxygen atoms in total. The van der Waals surface area contributed by atoms with E-state index in [1.807, 2.05) is 0 Å². The van der Waals surface area contributed by atoms with Gasteiger partial charge in [-0.05, 0) is 68.7 Å². The molecule has 0 spiro atoms. The Morgan fingerprint density at radius 2 is 1.38 bits per heavy atom. The van der Waals surface area contributed by atoms with Crippen molar-refractivity contribution in [1.29, 1.82) is 0 Å². The molecule has 0 saturated heterocycles. The van der Waals surface area contributed by atoms with Gasteiger partial charge in [0.15, 0.2) is 0 Å². The standard InChI is InChI=1S/C16H18O4S/c1-9-5-14(18)12(4)16(6-9)21(19,20)15-8-10(2)13(17)7-11(15)3/h5-8,17-18H,1-4H3. The van der Waals surface area contributed by atoms with Crippen molar-refractivity contribution in [1.82, 2.24) is 0 Å². The lowest BCUT2D eigenvalue weighted by Gasteiger charge is -2.13. The van der Waals surface area contributed by atoms with E-state index in [0.29, 0.717) is 22.3 Å². The van der Waals surface area contributed by atoms with Crippen molar-refractivity contribution >= 4 is 9.84 Å². The zero-order valence-corrected chi connectivity index (χ0v) is 13.2. The molecule has 112 valence electrons. The molecule has 2 rings (SSSR count). The van der Waals surface area contributed by atoms with Crippen LogP contribution in [0.1, 0.15) is 22.3 Å². The molecule has 0 saturated carbocycles. The smallest absolute Gasteiger partial charge is 0.207 e. The van der Waals surface area contributed by atoms with Crippen molar-refractivity contribution in [3.8, 4) is 11.5 Å². The van der Waals surface area contributed by atoms with Crippen molar-refractivity contribution in [2.24, 2.45) is 0 Å². The number of rotatable bonds is 2. The van der Waals surface area contributed by atoms with Crippen molar-refractivity contribution in [3.63, 3.8) is 0 Å². The molecule has 0 fully saturated rings. The Morgan fingerprint density at radius 3 is 2.00 bits per heavy atom. The van der Waals surface area contributed by atoms with E-state index in [1.54, 1.807) is 33.8 Å². The van der Waals surface area contributed by atoms with Crippen LogP contribution in [-0.2, 0) is 9.84 Å². The first kappa shape index (κ1) is 15.4. The molecule has 0 aliphatic carbocycles. The summed E-state index contributed by atoms with van der Waals surface area (Å²) in [6.45, 7) is 6.59. The average Bonchev–Trinajstić information content (AvgIpc) is 2.37. The minimum atomic E-state index is -3.76. The molecule has 0 atom stereocenters. The molecule has 2 N–H and O–H groups in total. The summed E-state index contributed by atoms with van der Waals surface area (Å²) in [5.74, 6) is 0.0250. The van der Waals surface area contributed by atoms with Crippen molar-refractivity contribution in [2.45, 2.75) is 37.5 Å². The van der Waals surface area contributed by atoms with Gasteiger partial charge in [0.2, 0.25) is 9.84 Å². The number of sulfone groups is 1. The molecule has 0 aromatic heterocycles. The van der Waals surface area contributed by atoms with Gasteiger partial charge in [-0.15, -0.1) is 0 Å². The van der Waals surface area contributed by atoms with Gasteiger partial charge < -0.3 is 10.2 Å². The maximum atomic E-state index is 12.9. The lowest BCUT2D eigenvalue weighted by molar-refractivity contribution is 0.467. The highest BCUT2D eigenvalue weighted by Gasteiger charge is 2.24. The predicted octanol–water partition coefficient (Wildman–Crippen LogP) is 3.16. The van der Waals surface area contributed by atoms with Crippen molar-refractivity contribution in [3.05, 3.63) is 46.5 Å². The fourth-order valence-corrected chi connectivity index (χ4v) is 4.17. The molecular formula is C16H18O4S. The zero-order chi connectivity index (χ0) is 15.9. The third kappa shape index (κ3) is 2.61. The molecule has 5 heteroatoms. The molecule has 0 amide bonds. The van der Waals surface area contributed by atoms with Crippen LogP contribution in [0, 0.1) is 27.7 Å². The second-order valence-corrected chi connectivity index (χ2v) is 7.20. The fraction of sp³-hybridized carbons (Fsp3) is 0.250. The maximum absolute atomic E-state index is 12.9. The summed E-state index contributed by atoms with van der Waals surface area (Å²) in [4.78, 5) is 0.235. The molecule has 2 aromatic rings. The van der Waals surface area contributed by atoms with Crippen LogP contribution in [0.15, 0.2) is 34.1 Å². The first-order valence-electron chi connectivity index (χ1n) is 6.50. The Bertz CT molecular complexity index is 821. The number of benzene rings is 2. The van der Waals surface area contributed by atoms with E-state index in [0.717, 1.165) is 0 Å². The number of phenols is 2. The molecule has 2 aromatic carbocycles. The summed E-state index contributed by atoms with van der Waals surface area (Å²) in [7, 11) is -3.76. The third-order valence-electron chi connectivity index (χ3n) is 3.55. The fourth-order valence-electron chi connectivity index (χ4n) is 2.27. The quantitative estimate of drug-likeness (QED) is 0.893. The van der Waals surface area contributed by atoms with E-state index in [2.05, 4.69) is 0 Å². The summed E-state index contributed by atoms with van der Waals surface area (Å²) in [5, 5.41) is 19.5.